The number of rotatable bonds is 3. The first kappa shape index (κ1) is 21.9. The number of allylic oxidation sites excluding steroid dienone is 1. The maximum atomic E-state index is 13.5. The second-order valence-electron chi connectivity index (χ2n) is 9.16. The highest BCUT2D eigenvalue weighted by Gasteiger charge is 2.50. The van der Waals surface area contributed by atoms with Gasteiger partial charge in [-0.25, -0.2) is 4.39 Å². The van der Waals surface area contributed by atoms with E-state index in [2.05, 4.69) is 23.2 Å². The molecule has 0 radical (unpaired) electrons. The van der Waals surface area contributed by atoms with Crippen LogP contribution in [0.15, 0.2) is 42.5 Å². The third kappa shape index (κ3) is 4.35. The summed E-state index contributed by atoms with van der Waals surface area (Å²) in [6.45, 7) is 4.00. The molecule has 1 amide bonds. The Bertz CT molecular complexity index is 939. The SMILES string of the molecule is CC.CN1C(=O)CC2C(/C=C/c3ccc(-c4cccc(F)c4)[nH]3)C3CCCCC3CC21.[HH]. The lowest BCUT2D eigenvalue weighted by atomic mass is 9.60. The number of amides is 1. The molecule has 168 valence electrons. The summed E-state index contributed by atoms with van der Waals surface area (Å²) in [5.41, 5.74) is 2.83. The Morgan fingerprint density at radius 3 is 2.74 bits per heavy atom. The summed E-state index contributed by atoms with van der Waals surface area (Å²) < 4.78 is 13.5. The van der Waals surface area contributed by atoms with Gasteiger partial charge in [0.1, 0.15) is 5.82 Å². The molecule has 31 heavy (non-hydrogen) atoms. The molecule has 3 fully saturated rings. The number of nitrogens with one attached hydrogen (secondary N) is 1. The van der Waals surface area contributed by atoms with Gasteiger partial charge in [0.05, 0.1) is 0 Å². The quantitative estimate of drug-likeness (QED) is 0.579. The van der Waals surface area contributed by atoms with Crippen molar-refractivity contribution < 1.29 is 10.6 Å². The largest absolute Gasteiger partial charge is 0.355 e. The predicted octanol–water partition coefficient (Wildman–Crippen LogP) is 6.78. The van der Waals surface area contributed by atoms with Crippen molar-refractivity contribution in [1.82, 2.24) is 9.88 Å². The summed E-state index contributed by atoms with van der Waals surface area (Å²) in [7, 11) is 1.99. The number of likely N-dealkylation sites (tertiary alicyclic amines) is 1. The number of carbonyl (C=O) groups excluding carboxylic acids is 1. The van der Waals surface area contributed by atoms with Crippen molar-refractivity contribution in [2.45, 2.75) is 58.4 Å². The first-order valence-electron chi connectivity index (χ1n) is 12.0. The van der Waals surface area contributed by atoms with Crippen molar-refractivity contribution in [3.63, 3.8) is 0 Å². The maximum absolute atomic E-state index is 13.5. The molecule has 2 aromatic rings. The van der Waals surface area contributed by atoms with Crippen LogP contribution in [0.1, 0.15) is 59.5 Å². The number of benzene rings is 1. The number of aromatic amines is 1. The molecule has 1 aliphatic heterocycles. The molecule has 1 aromatic heterocycles. The molecular weight excluding hydrogens is 387 g/mol. The molecule has 5 unspecified atom stereocenters. The minimum absolute atomic E-state index is 0. The summed E-state index contributed by atoms with van der Waals surface area (Å²) >= 11 is 0. The number of fused-ring (bicyclic) bond motifs is 2. The second kappa shape index (κ2) is 9.42. The van der Waals surface area contributed by atoms with Crippen LogP contribution < -0.4 is 0 Å². The van der Waals surface area contributed by atoms with E-state index < -0.39 is 0 Å². The first-order valence-corrected chi connectivity index (χ1v) is 12.0. The van der Waals surface area contributed by atoms with Crippen LogP contribution in [0.5, 0.6) is 0 Å². The Morgan fingerprint density at radius 1 is 1.13 bits per heavy atom. The van der Waals surface area contributed by atoms with Gasteiger partial charge in [-0.2, -0.15) is 0 Å². The van der Waals surface area contributed by atoms with Gasteiger partial charge < -0.3 is 9.88 Å². The van der Waals surface area contributed by atoms with Gasteiger partial charge >= 0.3 is 0 Å². The topological polar surface area (TPSA) is 36.1 Å². The predicted molar refractivity (Wildman–Crippen MR) is 127 cm³/mol. The Balaban J connectivity index is 0.000000938. The lowest BCUT2D eigenvalue weighted by Gasteiger charge is -2.47. The summed E-state index contributed by atoms with van der Waals surface area (Å²) in [6, 6.07) is 11.1. The number of halogens is 1. The average molecular weight is 425 g/mol. The summed E-state index contributed by atoms with van der Waals surface area (Å²) in [5, 5.41) is 0. The Morgan fingerprint density at radius 2 is 1.94 bits per heavy atom. The Labute approximate surface area is 187 Å². The number of carbonyl (C=O) groups is 1. The monoisotopic (exact) mass is 424 g/mol. The van der Waals surface area contributed by atoms with E-state index in [0.717, 1.165) is 22.9 Å². The van der Waals surface area contributed by atoms with Gasteiger partial charge in [0.2, 0.25) is 5.91 Å². The van der Waals surface area contributed by atoms with Crippen LogP contribution in [0.4, 0.5) is 4.39 Å². The molecule has 2 heterocycles. The molecule has 0 bridgehead atoms. The highest BCUT2D eigenvalue weighted by Crippen LogP contribution is 2.51. The van der Waals surface area contributed by atoms with Crippen molar-refractivity contribution in [2.24, 2.45) is 23.7 Å². The maximum Gasteiger partial charge on any atom is 0.222 e. The molecule has 2 saturated carbocycles. The average Bonchev–Trinajstić information content (AvgIpc) is 3.38. The van der Waals surface area contributed by atoms with Crippen LogP contribution in [0.25, 0.3) is 17.3 Å². The van der Waals surface area contributed by atoms with Gasteiger partial charge in [0.15, 0.2) is 0 Å². The van der Waals surface area contributed by atoms with Crippen molar-refractivity contribution >= 4 is 12.0 Å². The molecule has 4 heteroatoms. The van der Waals surface area contributed by atoms with E-state index in [-0.39, 0.29) is 7.24 Å². The van der Waals surface area contributed by atoms with E-state index in [1.165, 1.54) is 38.2 Å². The zero-order chi connectivity index (χ0) is 22.0. The Kier molecular flexibility index (Phi) is 6.64. The van der Waals surface area contributed by atoms with Crippen molar-refractivity contribution in [3.05, 3.63) is 54.0 Å². The number of H-pyrrole nitrogens is 1. The molecule has 1 N–H and O–H groups in total. The van der Waals surface area contributed by atoms with Gasteiger partial charge in [-0.15, -0.1) is 0 Å². The number of nitrogens with zero attached hydrogens (tertiary/aromatic N) is 1. The van der Waals surface area contributed by atoms with Crippen LogP contribution in [0.3, 0.4) is 0 Å². The van der Waals surface area contributed by atoms with Crippen molar-refractivity contribution in [2.75, 3.05) is 7.05 Å². The zero-order valence-corrected chi connectivity index (χ0v) is 19.0. The van der Waals surface area contributed by atoms with Gasteiger partial charge in [0, 0.05) is 37.9 Å². The second-order valence-corrected chi connectivity index (χ2v) is 9.16. The van der Waals surface area contributed by atoms with Crippen LogP contribution in [-0.2, 0) is 4.79 Å². The van der Waals surface area contributed by atoms with E-state index in [0.29, 0.717) is 36.1 Å². The van der Waals surface area contributed by atoms with Crippen molar-refractivity contribution in [3.8, 4) is 11.3 Å². The molecule has 5 atom stereocenters. The minimum atomic E-state index is -0.221. The minimum Gasteiger partial charge on any atom is -0.355 e. The molecule has 1 saturated heterocycles. The van der Waals surface area contributed by atoms with Crippen LogP contribution in [0.2, 0.25) is 0 Å². The fourth-order valence-electron chi connectivity index (χ4n) is 6.18. The third-order valence-electron chi connectivity index (χ3n) is 7.64. The van der Waals surface area contributed by atoms with Gasteiger partial charge in [-0.05, 0) is 66.9 Å². The number of aromatic nitrogens is 1. The number of hydrogen-bond donors (Lipinski definition) is 1. The normalized spacial score (nSPS) is 30.0. The molecule has 1 aromatic carbocycles. The molecule has 0 spiro atoms. The van der Waals surface area contributed by atoms with Gasteiger partial charge in [-0.1, -0.05) is 51.3 Å². The summed E-state index contributed by atoms with van der Waals surface area (Å²) in [6.07, 6.45) is 11.7. The zero-order valence-electron chi connectivity index (χ0n) is 19.0. The lowest BCUT2D eigenvalue weighted by Crippen LogP contribution is -2.45. The fourth-order valence-corrected chi connectivity index (χ4v) is 6.18. The highest BCUT2D eigenvalue weighted by atomic mass is 19.1. The van der Waals surface area contributed by atoms with Gasteiger partial charge in [0.25, 0.3) is 0 Å². The summed E-state index contributed by atoms with van der Waals surface area (Å²) in [5.74, 6) is 2.46. The molecule has 3 nitrogen and oxygen atoms in total. The van der Waals surface area contributed by atoms with Gasteiger partial charge in [-0.3, -0.25) is 4.79 Å². The summed E-state index contributed by atoms with van der Waals surface area (Å²) in [4.78, 5) is 17.9. The molecule has 3 aliphatic rings. The van der Waals surface area contributed by atoms with Crippen LogP contribution in [-0.4, -0.2) is 28.9 Å². The first-order chi connectivity index (χ1) is 15.1. The van der Waals surface area contributed by atoms with E-state index in [4.69, 9.17) is 0 Å². The van der Waals surface area contributed by atoms with E-state index in [9.17, 15) is 9.18 Å². The van der Waals surface area contributed by atoms with Crippen LogP contribution in [0, 0.1) is 29.5 Å². The van der Waals surface area contributed by atoms with E-state index in [1.54, 1.807) is 12.1 Å². The van der Waals surface area contributed by atoms with Crippen molar-refractivity contribution in [1.29, 1.82) is 0 Å². The van der Waals surface area contributed by atoms with E-state index in [1.807, 2.05) is 37.9 Å². The third-order valence-corrected chi connectivity index (χ3v) is 7.64. The van der Waals surface area contributed by atoms with Crippen LogP contribution >= 0.6 is 0 Å². The van der Waals surface area contributed by atoms with E-state index >= 15 is 0 Å². The number of hydrogen-bond acceptors (Lipinski definition) is 1. The highest BCUT2D eigenvalue weighted by molar-refractivity contribution is 5.79. The fraction of sp³-hybridized carbons (Fsp3) is 0.519. The molecular formula is C27H37FN2O. The molecule has 5 rings (SSSR count). The Hall–Kier alpha value is -2.36. The smallest absolute Gasteiger partial charge is 0.222 e. The molecule has 2 aliphatic carbocycles. The lowest BCUT2D eigenvalue weighted by molar-refractivity contribution is -0.127. The standard InChI is InChI=1S/C25H29FN2O.C2H6.H2/c1-28-24-14-16-5-2-3-8-20(16)21(22(24)15-25(28)29)11-9-19-10-12-23(27-19)17-6-4-7-18(26)13-17;1-2;/h4,6-7,9-13,16,20-22,24,27H,2-3,5,8,14-15H2,1H3;1-2H3;1H/b11-9+;;.